The van der Waals surface area contributed by atoms with Gasteiger partial charge < -0.3 is 9.80 Å². The number of aromatic nitrogens is 1. The van der Waals surface area contributed by atoms with E-state index in [1.165, 1.54) is 0 Å². The van der Waals surface area contributed by atoms with Crippen molar-refractivity contribution in [2.45, 2.75) is 157 Å². The highest BCUT2D eigenvalue weighted by atomic mass is 15.2. The Kier molecular flexibility index (Phi) is 13.7. The molecule has 0 fully saturated rings. The lowest BCUT2D eigenvalue weighted by atomic mass is 9.33. The van der Waals surface area contributed by atoms with Crippen molar-refractivity contribution in [1.29, 1.82) is 0 Å². The van der Waals surface area contributed by atoms with Crippen LogP contribution in [-0.2, 0) is 32.5 Å². The Morgan fingerprint density at radius 2 is 0.586 bits per heavy atom. The van der Waals surface area contributed by atoms with Crippen LogP contribution in [0.2, 0.25) is 0 Å². The number of pyridine rings is 1. The molecule has 0 spiro atoms. The molecule has 4 heteroatoms. The third-order valence-electron chi connectivity index (χ3n) is 20.0. The normalized spacial score (nSPS) is 14.7. The highest BCUT2D eigenvalue weighted by molar-refractivity contribution is 7.00. The summed E-state index contributed by atoms with van der Waals surface area (Å²) >= 11 is 0. The molecule has 0 atom stereocenters. The van der Waals surface area contributed by atoms with Crippen molar-refractivity contribution in [2.75, 3.05) is 9.80 Å². The Bertz CT molecular complexity index is 5510. The van der Waals surface area contributed by atoms with Crippen LogP contribution in [0.4, 0.5) is 34.1 Å². The van der Waals surface area contributed by atoms with Crippen LogP contribution in [0.3, 0.4) is 0 Å². The maximum atomic E-state index is 9.73. The lowest BCUT2D eigenvalue weighted by Crippen LogP contribution is -2.61. The molecule has 0 radical (unpaired) electrons. The Balaban J connectivity index is 1.28. The summed E-state index contributed by atoms with van der Waals surface area (Å²) in [7, 11) is 0. The minimum atomic E-state index is -0.640. The molecule has 0 amide bonds. The van der Waals surface area contributed by atoms with Crippen molar-refractivity contribution in [1.82, 2.24) is 4.98 Å². The Morgan fingerprint density at radius 3 is 0.919 bits per heavy atom. The van der Waals surface area contributed by atoms with Crippen LogP contribution in [0.5, 0.6) is 0 Å². The third-order valence-corrected chi connectivity index (χ3v) is 20.0. The molecule has 2 aliphatic heterocycles. The molecule has 99 heavy (non-hydrogen) atoms. The maximum absolute atomic E-state index is 9.73. The Hall–Kier alpha value is -9.77. The SMILES string of the molecule is [2H]c1c([2H])c([2H])c(-c2ccc3c(c2)N(c2c(-c4ccccc4)cc(C(C)(C)C)cc2-c2ccccc2)c2cc(-c4cc(C(C)(C)C)cc(C(C)(C)C)c4)cc4c2B3c2ccc(-c3c([2H])c([2H])c([2H])c([2H])c3[2H])cc2N4c2c(-c3ccccc3)cc(C(C)(C)C)cc2-c2cc(C(C)(C)C)nc(C(C)(C)C)c2)c([2H])c1[2H]. The molecule has 0 unspecified atom stereocenters. The lowest BCUT2D eigenvalue weighted by Gasteiger charge is -2.46. The number of rotatable bonds is 9. The summed E-state index contributed by atoms with van der Waals surface area (Å²) in [5, 5.41) is 0. The first-order chi connectivity index (χ1) is 51.0. The molecule has 0 saturated heterocycles. The lowest BCUT2D eigenvalue weighted by molar-refractivity contribution is 0.531. The summed E-state index contributed by atoms with van der Waals surface area (Å²) in [6.45, 7) is 39.7. The van der Waals surface area contributed by atoms with Gasteiger partial charge in [0.2, 0.25) is 0 Å². The van der Waals surface area contributed by atoms with Gasteiger partial charge in [-0.15, -0.1) is 0 Å². The minimum absolute atomic E-state index is 0.0621. The van der Waals surface area contributed by atoms with Crippen molar-refractivity contribution in [3.05, 3.63) is 288 Å². The zero-order valence-corrected chi connectivity index (χ0v) is 60.9. The Morgan fingerprint density at radius 1 is 0.273 bits per heavy atom. The first kappa shape index (κ1) is 55.2. The largest absolute Gasteiger partial charge is 0.310 e. The summed E-state index contributed by atoms with van der Waals surface area (Å²) in [5.41, 5.74) is 22.1. The maximum Gasteiger partial charge on any atom is 0.252 e. The molecule has 2 aliphatic rings. The van der Waals surface area contributed by atoms with E-state index in [9.17, 15) is 11.0 Å². The molecule has 14 rings (SSSR count). The summed E-state index contributed by atoms with van der Waals surface area (Å²) in [5.74, 6) is 0. The van der Waals surface area contributed by atoms with E-state index in [-0.39, 0.29) is 51.5 Å². The van der Waals surface area contributed by atoms with E-state index in [0.29, 0.717) is 22.5 Å². The molecule has 0 saturated carbocycles. The topological polar surface area (TPSA) is 19.4 Å². The standard InChI is InChI=1S/C95H96BN3/c1-90(2,3)71-48-68(49-72(56-71)91(4,5)6)69-52-83-87-84(53-69)99(89-77(65-42-32-23-33-43-65)59-74(93(10,11)12)60-78(89)70-54-85(94(13,14)15)97-86(55-70)95(16,17)18)82-51-67(62-36-26-20-27-37-62)45-47-80(82)96(87)79-46-44-66(61-34-24-19-25-35-61)50-81(79)98(83)88-75(63-38-28-21-29-39-63)57-73(92(7,8)9)58-76(88)64-40-30-22-31-41-64/h19-60H,1-18H3/i19D,20D,24D,25D,26D,27D,34D,35D,36D,37D. The molecule has 0 bridgehead atoms. The van der Waals surface area contributed by atoms with Gasteiger partial charge in [-0.25, -0.2) is 0 Å². The van der Waals surface area contributed by atoms with Gasteiger partial charge in [-0.2, -0.15) is 0 Å². The fourth-order valence-corrected chi connectivity index (χ4v) is 14.2. The van der Waals surface area contributed by atoms with Gasteiger partial charge in [0.1, 0.15) is 0 Å². The third kappa shape index (κ3) is 12.6. The van der Waals surface area contributed by atoms with E-state index < -0.39 is 59.2 Å². The molecule has 1 aromatic heterocycles. The molecule has 0 N–H and O–H groups in total. The van der Waals surface area contributed by atoms with Gasteiger partial charge in [0.05, 0.1) is 25.1 Å². The van der Waals surface area contributed by atoms with Crippen molar-refractivity contribution in [3.63, 3.8) is 0 Å². The van der Waals surface area contributed by atoms with Crippen LogP contribution >= 0.6 is 0 Å². The molecule has 12 aromatic rings. The van der Waals surface area contributed by atoms with E-state index in [4.69, 9.17) is 7.73 Å². The molecular formula is C95H96BN3. The number of nitrogens with zero attached hydrogens (tertiary/aromatic N) is 3. The summed E-state index contributed by atoms with van der Waals surface area (Å²) in [4.78, 5) is 10.4. The van der Waals surface area contributed by atoms with Crippen LogP contribution < -0.4 is 26.2 Å². The van der Waals surface area contributed by atoms with Crippen molar-refractivity contribution >= 4 is 57.2 Å². The van der Waals surface area contributed by atoms with Crippen molar-refractivity contribution in [3.8, 4) is 77.9 Å². The van der Waals surface area contributed by atoms with E-state index in [2.05, 4.69) is 286 Å². The molecule has 494 valence electrons. The van der Waals surface area contributed by atoms with Crippen LogP contribution in [0.1, 0.15) is 172 Å². The Labute approximate surface area is 605 Å². The molecular weight excluding hydrogens is 1190 g/mol. The minimum Gasteiger partial charge on any atom is -0.310 e. The number of anilines is 6. The smallest absolute Gasteiger partial charge is 0.252 e. The zero-order valence-electron chi connectivity index (χ0n) is 70.9. The quantitative estimate of drug-likeness (QED) is 0.134. The number of benzene rings is 11. The average molecular weight is 1300 g/mol. The first-order valence-electron chi connectivity index (χ1n) is 40.0. The second-order valence-corrected chi connectivity index (χ2v) is 33.4. The van der Waals surface area contributed by atoms with Gasteiger partial charge in [0.25, 0.3) is 6.71 Å². The fourth-order valence-electron chi connectivity index (χ4n) is 14.2. The van der Waals surface area contributed by atoms with Crippen LogP contribution in [0.25, 0.3) is 77.9 Å². The van der Waals surface area contributed by atoms with Crippen LogP contribution in [-0.4, -0.2) is 11.7 Å². The van der Waals surface area contributed by atoms with Gasteiger partial charge in [-0.05, 0) is 177 Å². The molecule has 3 heterocycles. The van der Waals surface area contributed by atoms with Gasteiger partial charge in [0.15, 0.2) is 0 Å². The van der Waals surface area contributed by atoms with Crippen LogP contribution in [0, 0.1) is 0 Å². The number of hydrogen-bond donors (Lipinski definition) is 0. The van der Waals surface area contributed by atoms with Crippen molar-refractivity contribution in [2.24, 2.45) is 0 Å². The predicted molar refractivity (Wildman–Crippen MR) is 429 cm³/mol. The van der Waals surface area contributed by atoms with E-state index >= 15 is 0 Å². The summed E-state index contributed by atoms with van der Waals surface area (Å²) in [6, 6.07) is 65.4. The van der Waals surface area contributed by atoms with E-state index in [1.807, 2.05) is 42.5 Å². The number of fused-ring (bicyclic) bond motifs is 4. The highest BCUT2D eigenvalue weighted by Crippen LogP contribution is 2.56. The van der Waals surface area contributed by atoms with E-state index in [0.717, 1.165) is 128 Å². The second-order valence-electron chi connectivity index (χ2n) is 33.4. The molecule has 3 nitrogen and oxygen atoms in total. The summed E-state index contributed by atoms with van der Waals surface area (Å²) in [6.07, 6.45) is 0. The van der Waals surface area contributed by atoms with E-state index in [1.54, 1.807) is 0 Å². The molecule has 11 aromatic carbocycles. The van der Waals surface area contributed by atoms with Gasteiger partial charge in [-0.3, -0.25) is 4.98 Å². The van der Waals surface area contributed by atoms with Gasteiger partial charge >= 0.3 is 0 Å². The first-order valence-corrected chi connectivity index (χ1v) is 35.0. The fraction of sp³-hybridized carbons (Fsp3) is 0.253. The van der Waals surface area contributed by atoms with Gasteiger partial charge in [0, 0.05) is 67.2 Å². The monoisotopic (exact) mass is 1300 g/mol. The second kappa shape index (κ2) is 24.6. The van der Waals surface area contributed by atoms with Gasteiger partial charge in [-0.1, -0.05) is 319 Å². The number of hydrogen-bond acceptors (Lipinski definition) is 3. The average Bonchev–Trinajstić information content (AvgIpc) is 0.684. The summed E-state index contributed by atoms with van der Waals surface area (Å²) < 4.78 is 93.3. The van der Waals surface area contributed by atoms with Crippen molar-refractivity contribution < 1.29 is 13.7 Å². The molecule has 0 aliphatic carbocycles. The highest BCUT2D eigenvalue weighted by Gasteiger charge is 2.46. The van der Waals surface area contributed by atoms with Crippen LogP contribution in [0.15, 0.2) is 255 Å². The zero-order chi connectivity index (χ0) is 78.6. The predicted octanol–water partition coefficient (Wildman–Crippen LogP) is 24.6.